The van der Waals surface area contributed by atoms with Gasteiger partial charge < -0.3 is 9.80 Å². The van der Waals surface area contributed by atoms with Gasteiger partial charge in [0.1, 0.15) is 24.6 Å². The van der Waals surface area contributed by atoms with Gasteiger partial charge in [-0.25, -0.2) is 8.78 Å². The molecule has 7 nitrogen and oxygen atoms in total. The third-order valence-electron chi connectivity index (χ3n) is 10.3. The third kappa shape index (κ3) is 5.64. The maximum Gasteiger partial charge on any atom is 0.405 e. The highest BCUT2D eigenvalue weighted by molar-refractivity contribution is 5.80. The lowest BCUT2D eigenvalue weighted by Crippen LogP contribution is -2.67. The molecular weight excluding hydrogens is 517 g/mol. The molecule has 3 saturated heterocycles. The fraction of sp³-hybridized carbons (Fsp3) is 0.963. The first-order chi connectivity index (χ1) is 18.4. The van der Waals surface area contributed by atoms with Crippen molar-refractivity contribution in [2.75, 3.05) is 33.7 Å². The summed E-state index contributed by atoms with van der Waals surface area (Å²) in [6.07, 6.45) is -3.51. The van der Waals surface area contributed by atoms with Gasteiger partial charge in [0.15, 0.2) is 5.96 Å². The smallest absolute Gasteiger partial charge is 0.338 e. The van der Waals surface area contributed by atoms with Crippen LogP contribution in [0.5, 0.6) is 0 Å². The van der Waals surface area contributed by atoms with Crippen molar-refractivity contribution in [1.29, 1.82) is 5.41 Å². The second-order valence-electron chi connectivity index (χ2n) is 13.1. The van der Waals surface area contributed by atoms with E-state index in [1.165, 1.54) is 31.2 Å². The zero-order chi connectivity index (χ0) is 28.2. The molecule has 2 aliphatic carbocycles. The first-order valence-electron chi connectivity index (χ1n) is 14.7. The van der Waals surface area contributed by atoms with Gasteiger partial charge in [-0.1, -0.05) is 26.7 Å². The average Bonchev–Trinajstić information content (AvgIpc) is 3.37. The van der Waals surface area contributed by atoms with Crippen LogP contribution in [0.3, 0.4) is 0 Å². The molecule has 2 saturated carbocycles. The van der Waals surface area contributed by atoms with Crippen LogP contribution in [0.25, 0.3) is 0 Å². The minimum Gasteiger partial charge on any atom is -0.338 e. The number of rotatable bonds is 5. The van der Waals surface area contributed by atoms with Gasteiger partial charge in [-0.3, -0.25) is 26.3 Å². The summed E-state index contributed by atoms with van der Waals surface area (Å²) in [6.45, 7) is 5.37. The van der Waals surface area contributed by atoms with Crippen LogP contribution in [0.4, 0.5) is 22.0 Å². The third-order valence-corrected chi connectivity index (χ3v) is 10.3. The quantitative estimate of drug-likeness (QED) is 0.385. The van der Waals surface area contributed by atoms with Crippen molar-refractivity contribution in [3.8, 4) is 0 Å². The molecule has 39 heavy (non-hydrogen) atoms. The van der Waals surface area contributed by atoms with E-state index in [0.29, 0.717) is 30.3 Å². The highest BCUT2D eigenvalue weighted by Crippen LogP contribution is 2.41. The minimum absolute atomic E-state index is 0.0455. The molecule has 0 amide bonds. The highest BCUT2D eigenvalue weighted by atomic mass is 19.4. The zero-order valence-corrected chi connectivity index (χ0v) is 23.5. The van der Waals surface area contributed by atoms with Crippen LogP contribution in [0.15, 0.2) is 0 Å². The van der Waals surface area contributed by atoms with E-state index in [-0.39, 0.29) is 43.7 Å². The standard InChI is InChI=1S/C27H46F5N7/c1-14(2)16-7-5-6-8-17(16)23-34-11-20-24(36-23)39(26(33)38(20)4)12-15-9-18(28)22(19(29)10-15)25-35-21(13-37(25)3)27(30,31)32/h14-25,33-36H,5-13H2,1-4H3. The van der Waals surface area contributed by atoms with E-state index in [1.54, 1.807) is 0 Å². The van der Waals surface area contributed by atoms with Gasteiger partial charge in [-0.05, 0) is 56.4 Å². The fourth-order valence-corrected chi connectivity index (χ4v) is 8.24. The minimum atomic E-state index is -4.46. The molecular formula is C27H46F5N7. The van der Waals surface area contributed by atoms with Crippen molar-refractivity contribution in [3.05, 3.63) is 0 Å². The predicted molar refractivity (Wildman–Crippen MR) is 140 cm³/mol. The monoisotopic (exact) mass is 563 g/mol. The van der Waals surface area contributed by atoms with Crippen LogP contribution in [-0.4, -0.2) is 103 Å². The number of hydrogen-bond donors (Lipinski definition) is 4. The molecule has 0 aromatic rings. The summed E-state index contributed by atoms with van der Waals surface area (Å²) < 4.78 is 70.8. The lowest BCUT2D eigenvalue weighted by Gasteiger charge is -2.46. The summed E-state index contributed by atoms with van der Waals surface area (Å²) in [5.41, 5.74) is 0. The molecule has 12 heteroatoms. The second kappa shape index (κ2) is 11.2. The van der Waals surface area contributed by atoms with Crippen molar-refractivity contribution in [2.45, 2.75) is 101 Å². The van der Waals surface area contributed by atoms with Crippen molar-refractivity contribution < 1.29 is 22.0 Å². The van der Waals surface area contributed by atoms with Crippen molar-refractivity contribution >= 4 is 5.96 Å². The van der Waals surface area contributed by atoms with E-state index >= 15 is 8.78 Å². The van der Waals surface area contributed by atoms with Crippen LogP contribution < -0.4 is 16.0 Å². The van der Waals surface area contributed by atoms with E-state index in [2.05, 4.69) is 29.8 Å². The summed E-state index contributed by atoms with van der Waals surface area (Å²) in [7, 11) is 3.39. The number of halogens is 5. The lowest BCUT2D eigenvalue weighted by atomic mass is 9.71. The van der Waals surface area contributed by atoms with Gasteiger partial charge in [0.25, 0.3) is 0 Å². The molecule has 3 heterocycles. The van der Waals surface area contributed by atoms with Gasteiger partial charge in [0, 0.05) is 26.7 Å². The Labute approximate surface area is 229 Å². The summed E-state index contributed by atoms with van der Waals surface area (Å²) in [5, 5.41) is 18.7. The maximum absolute atomic E-state index is 15.5. The largest absolute Gasteiger partial charge is 0.405 e. The molecule has 0 bridgehead atoms. The van der Waals surface area contributed by atoms with E-state index in [9.17, 15) is 13.2 Å². The Morgan fingerprint density at radius 2 is 1.67 bits per heavy atom. The Balaban J connectivity index is 1.24. The Hall–Kier alpha value is -1.24. The van der Waals surface area contributed by atoms with E-state index in [1.807, 2.05) is 16.8 Å². The molecule has 9 atom stereocenters. The summed E-state index contributed by atoms with van der Waals surface area (Å²) in [5.74, 6) is 0.600. The molecule has 224 valence electrons. The molecule has 5 aliphatic rings. The topological polar surface area (TPSA) is 69.7 Å². The van der Waals surface area contributed by atoms with Crippen molar-refractivity contribution in [1.82, 2.24) is 30.7 Å². The zero-order valence-electron chi connectivity index (χ0n) is 23.5. The predicted octanol–water partition coefficient (Wildman–Crippen LogP) is 3.34. The van der Waals surface area contributed by atoms with Crippen LogP contribution in [-0.2, 0) is 0 Å². The number of likely N-dealkylation sites (N-methyl/N-ethyl adjacent to an activating group) is 2. The Kier molecular flexibility index (Phi) is 8.41. The molecule has 4 N–H and O–H groups in total. The average molecular weight is 564 g/mol. The Morgan fingerprint density at radius 3 is 2.28 bits per heavy atom. The van der Waals surface area contributed by atoms with Gasteiger partial charge in [0.05, 0.1) is 24.3 Å². The molecule has 9 unspecified atom stereocenters. The second-order valence-corrected chi connectivity index (χ2v) is 13.1. The number of hydrogen-bond acceptors (Lipinski definition) is 5. The van der Waals surface area contributed by atoms with E-state index < -0.39 is 36.6 Å². The van der Waals surface area contributed by atoms with Crippen molar-refractivity contribution in [2.24, 2.45) is 29.6 Å². The van der Waals surface area contributed by atoms with E-state index in [0.717, 1.165) is 13.0 Å². The van der Waals surface area contributed by atoms with Crippen LogP contribution in [0.1, 0.15) is 52.4 Å². The molecule has 5 rings (SSSR count). The van der Waals surface area contributed by atoms with Gasteiger partial charge in [-0.15, -0.1) is 0 Å². The number of alkyl halides is 5. The highest BCUT2D eigenvalue weighted by Gasteiger charge is 2.54. The Bertz CT molecular complexity index is 862. The number of guanidine groups is 1. The molecule has 3 aliphatic heterocycles. The maximum atomic E-state index is 15.5. The number of fused-ring (bicyclic) bond motifs is 1. The molecule has 0 aromatic carbocycles. The Morgan fingerprint density at radius 1 is 1.00 bits per heavy atom. The first kappa shape index (κ1) is 29.3. The SMILES string of the molecule is CC(C)C1CCCCC1C1NCC2C(N1)N(CC1CC(F)C(C3NC(C(F)(F)F)CN3C)C(F)C1)C(=N)N2C. The molecule has 0 radical (unpaired) electrons. The summed E-state index contributed by atoms with van der Waals surface area (Å²) >= 11 is 0. The van der Waals surface area contributed by atoms with Crippen LogP contribution in [0.2, 0.25) is 0 Å². The number of nitrogens with one attached hydrogen (secondary N) is 4. The van der Waals surface area contributed by atoms with Crippen LogP contribution >= 0.6 is 0 Å². The van der Waals surface area contributed by atoms with Gasteiger partial charge in [-0.2, -0.15) is 13.2 Å². The van der Waals surface area contributed by atoms with Gasteiger partial charge >= 0.3 is 6.18 Å². The number of nitrogens with zero attached hydrogens (tertiary/aromatic N) is 3. The first-order valence-corrected chi connectivity index (χ1v) is 14.7. The molecule has 0 aromatic heterocycles. The summed E-state index contributed by atoms with van der Waals surface area (Å²) in [4.78, 5) is 5.30. The van der Waals surface area contributed by atoms with E-state index in [4.69, 9.17) is 5.41 Å². The molecule has 5 fully saturated rings. The van der Waals surface area contributed by atoms with Crippen molar-refractivity contribution in [3.63, 3.8) is 0 Å². The normalized spacial score (nSPS) is 44.4. The lowest BCUT2D eigenvalue weighted by molar-refractivity contribution is -0.151. The molecule has 0 spiro atoms. The fourth-order valence-electron chi connectivity index (χ4n) is 8.24. The summed E-state index contributed by atoms with van der Waals surface area (Å²) in [6, 6.07) is -1.73. The van der Waals surface area contributed by atoms with Gasteiger partial charge in [0.2, 0.25) is 0 Å². The van der Waals surface area contributed by atoms with Crippen LogP contribution in [0, 0.1) is 35.0 Å².